The lowest BCUT2D eigenvalue weighted by Crippen LogP contribution is -2.35. The zero-order valence-electron chi connectivity index (χ0n) is 8.18. The monoisotopic (exact) mass is 216 g/mol. The van der Waals surface area contributed by atoms with Gasteiger partial charge in [-0.3, -0.25) is 20.1 Å². The van der Waals surface area contributed by atoms with Crippen LogP contribution >= 0.6 is 0 Å². The first kappa shape index (κ1) is 10.0. The molecule has 0 saturated heterocycles. The number of carbonyl (C=O) groups excluding carboxylic acids is 2. The lowest BCUT2D eigenvalue weighted by Gasteiger charge is -2.03. The minimum atomic E-state index is -0.897. The van der Waals surface area contributed by atoms with Crippen LogP contribution in [0.3, 0.4) is 0 Å². The fourth-order valence-electron chi connectivity index (χ4n) is 1.36. The van der Waals surface area contributed by atoms with Gasteiger partial charge < -0.3 is 5.73 Å². The minimum Gasteiger partial charge on any atom is -0.351 e. The van der Waals surface area contributed by atoms with Gasteiger partial charge in [0.2, 0.25) is 0 Å². The van der Waals surface area contributed by atoms with Gasteiger partial charge in [-0.15, -0.1) is 0 Å². The van der Waals surface area contributed by atoms with Crippen LogP contribution < -0.4 is 11.1 Å². The van der Waals surface area contributed by atoms with Crippen LogP contribution in [0.4, 0.5) is 4.79 Å². The summed E-state index contributed by atoms with van der Waals surface area (Å²) in [4.78, 5) is 30.2. The summed E-state index contributed by atoms with van der Waals surface area (Å²) in [6, 6.07) is 4.04. The molecule has 0 fully saturated rings. The first-order chi connectivity index (χ1) is 7.68. The van der Waals surface area contributed by atoms with E-state index in [0.29, 0.717) is 11.0 Å². The Hall–Kier alpha value is -2.50. The third-order valence-corrected chi connectivity index (χ3v) is 1.98. The maximum atomic E-state index is 11.6. The molecule has 2 aromatic rings. The number of benzene rings is 1. The van der Waals surface area contributed by atoms with E-state index in [0.717, 1.165) is 0 Å². The van der Waals surface area contributed by atoms with Gasteiger partial charge in [0, 0.05) is 12.4 Å². The van der Waals surface area contributed by atoms with Gasteiger partial charge in [-0.25, -0.2) is 4.79 Å². The summed E-state index contributed by atoms with van der Waals surface area (Å²) < 4.78 is 0. The Morgan fingerprint density at radius 2 is 1.94 bits per heavy atom. The maximum absolute atomic E-state index is 11.6. The molecule has 1 heterocycles. The van der Waals surface area contributed by atoms with Gasteiger partial charge in [-0.2, -0.15) is 0 Å². The van der Waals surface area contributed by atoms with E-state index in [1.807, 2.05) is 5.32 Å². The fourth-order valence-corrected chi connectivity index (χ4v) is 1.36. The number of rotatable bonds is 1. The molecule has 80 valence electrons. The Morgan fingerprint density at radius 3 is 2.69 bits per heavy atom. The molecule has 0 unspecified atom stereocenters. The quantitative estimate of drug-likeness (QED) is 0.722. The molecular formula is C10H8N4O2. The molecular weight excluding hydrogens is 208 g/mol. The number of hydrogen-bond acceptors (Lipinski definition) is 4. The molecule has 1 aromatic heterocycles. The SMILES string of the molecule is NC(=O)NC(=O)c1cccc2nccnc12. The van der Waals surface area contributed by atoms with E-state index in [9.17, 15) is 9.59 Å². The van der Waals surface area contributed by atoms with Crippen molar-refractivity contribution in [3.63, 3.8) is 0 Å². The predicted octanol–water partition coefficient (Wildman–Crippen LogP) is 0.438. The number of nitrogens with two attached hydrogens (primary N) is 1. The number of para-hydroxylation sites is 1. The van der Waals surface area contributed by atoms with Crippen molar-refractivity contribution in [1.82, 2.24) is 15.3 Å². The second kappa shape index (κ2) is 3.93. The second-order valence-corrected chi connectivity index (χ2v) is 3.05. The van der Waals surface area contributed by atoms with Crippen molar-refractivity contribution in [2.45, 2.75) is 0 Å². The highest BCUT2D eigenvalue weighted by Gasteiger charge is 2.12. The van der Waals surface area contributed by atoms with Crippen molar-refractivity contribution in [3.8, 4) is 0 Å². The van der Waals surface area contributed by atoms with Gasteiger partial charge in [-0.1, -0.05) is 6.07 Å². The van der Waals surface area contributed by atoms with E-state index in [2.05, 4.69) is 9.97 Å². The van der Waals surface area contributed by atoms with Crippen LogP contribution in [0, 0.1) is 0 Å². The molecule has 0 spiro atoms. The Balaban J connectivity index is 2.52. The molecule has 16 heavy (non-hydrogen) atoms. The van der Waals surface area contributed by atoms with E-state index in [4.69, 9.17) is 5.73 Å². The highest BCUT2D eigenvalue weighted by molar-refractivity contribution is 6.10. The molecule has 0 aliphatic heterocycles. The summed E-state index contributed by atoms with van der Waals surface area (Å²) in [7, 11) is 0. The number of amides is 3. The van der Waals surface area contributed by atoms with Crippen LogP contribution in [0.1, 0.15) is 10.4 Å². The van der Waals surface area contributed by atoms with Gasteiger partial charge in [0.25, 0.3) is 5.91 Å². The van der Waals surface area contributed by atoms with Gasteiger partial charge >= 0.3 is 6.03 Å². The summed E-state index contributed by atoms with van der Waals surface area (Å²) in [5.41, 5.74) is 6.15. The zero-order valence-corrected chi connectivity index (χ0v) is 8.18. The molecule has 6 nitrogen and oxygen atoms in total. The largest absolute Gasteiger partial charge is 0.351 e. The standard InChI is InChI=1S/C10H8N4O2/c11-10(16)14-9(15)6-2-1-3-7-8(6)13-5-4-12-7/h1-5H,(H3,11,14,15,16). The van der Waals surface area contributed by atoms with Crippen LogP contribution in [-0.2, 0) is 0 Å². The van der Waals surface area contributed by atoms with Gasteiger partial charge in [-0.05, 0) is 12.1 Å². The van der Waals surface area contributed by atoms with Crippen molar-refractivity contribution in [3.05, 3.63) is 36.2 Å². The van der Waals surface area contributed by atoms with E-state index in [1.54, 1.807) is 18.2 Å². The second-order valence-electron chi connectivity index (χ2n) is 3.05. The molecule has 0 aliphatic carbocycles. The van der Waals surface area contributed by atoms with Crippen LogP contribution in [0.2, 0.25) is 0 Å². The lowest BCUT2D eigenvalue weighted by atomic mass is 10.1. The summed E-state index contributed by atoms with van der Waals surface area (Å²) in [6.07, 6.45) is 3.00. The van der Waals surface area contributed by atoms with Gasteiger partial charge in [0.1, 0.15) is 5.52 Å². The van der Waals surface area contributed by atoms with Crippen molar-refractivity contribution < 1.29 is 9.59 Å². The Bertz CT molecular complexity index is 562. The third-order valence-electron chi connectivity index (χ3n) is 1.98. The zero-order chi connectivity index (χ0) is 11.5. The fraction of sp³-hybridized carbons (Fsp3) is 0. The average Bonchev–Trinajstić information content (AvgIpc) is 2.27. The van der Waals surface area contributed by atoms with Gasteiger partial charge in [0.15, 0.2) is 0 Å². The van der Waals surface area contributed by atoms with Crippen LogP contribution in [0.5, 0.6) is 0 Å². The molecule has 0 bridgehead atoms. The minimum absolute atomic E-state index is 0.268. The van der Waals surface area contributed by atoms with Crippen molar-refractivity contribution in [2.24, 2.45) is 5.73 Å². The number of imide groups is 1. The number of aromatic nitrogens is 2. The molecule has 0 aliphatic rings. The number of nitrogens with one attached hydrogen (secondary N) is 1. The highest BCUT2D eigenvalue weighted by atomic mass is 16.2. The smallest absolute Gasteiger partial charge is 0.319 e. The lowest BCUT2D eigenvalue weighted by molar-refractivity contribution is 0.0967. The van der Waals surface area contributed by atoms with E-state index in [1.165, 1.54) is 12.4 Å². The molecule has 0 saturated carbocycles. The topological polar surface area (TPSA) is 98.0 Å². The molecule has 3 amide bonds. The Labute approximate surface area is 90.5 Å². The highest BCUT2D eigenvalue weighted by Crippen LogP contribution is 2.13. The van der Waals surface area contributed by atoms with Crippen molar-refractivity contribution in [1.29, 1.82) is 0 Å². The molecule has 0 radical (unpaired) electrons. The predicted molar refractivity (Wildman–Crippen MR) is 56.6 cm³/mol. The molecule has 1 aromatic carbocycles. The summed E-state index contributed by atoms with van der Waals surface area (Å²) >= 11 is 0. The van der Waals surface area contributed by atoms with E-state index >= 15 is 0 Å². The molecule has 2 rings (SSSR count). The maximum Gasteiger partial charge on any atom is 0.319 e. The molecule has 0 atom stereocenters. The summed E-state index contributed by atoms with van der Waals surface area (Å²) in [6.45, 7) is 0. The van der Waals surface area contributed by atoms with Crippen LogP contribution in [0.15, 0.2) is 30.6 Å². The normalized spacial score (nSPS) is 10.0. The number of carbonyl (C=O) groups is 2. The number of urea groups is 1. The number of nitrogens with zero attached hydrogens (tertiary/aromatic N) is 2. The number of hydrogen-bond donors (Lipinski definition) is 2. The van der Waals surface area contributed by atoms with Crippen molar-refractivity contribution >= 4 is 23.0 Å². The van der Waals surface area contributed by atoms with Gasteiger partial charge in [0.05, 0.1) is 11.1 Å². The Morgan fingerprint density at radius 1 is 1.19 bits per heavy atom. The number of primary amides is 1. The van der Waals surface area contributed by atoms with Crippen LogP contribution in [-0.4, -0.2) is 21.9 Å². The molecule has 6 heteroatoms. The number of fused-ring (bicyclic) bond motifs is 1. The first-order valence-electron chi connectivity index (χ1n) is 4.49. The van der Waals surface area contributed by atoms with E-state index in [-0.39, 0.29) is 5.56 Å². The summed E-state index contributed by atoms with van der Waals surface area (Å²) in [5.74, 6) is -0.585. The van der Waals surface area contributed by atoms with E-state index < -0.39 is 11.9 Å². The average molecular weight is 216 g/mol. The Kier molecular flexibility index (Phi) is 2.47. The van der Waals surface area contributed by atoms with Crippen LogP contribution in [0.25, 0.3) is 11.0 Å². The first-order valence-corrected chi connectivity index (χ1v) is 4.49. The third kappa shape index (κ3) is 1.81. The summed E-state index contributed by atoms with van der Waals surface area (Å²) in [5, 5.41) is 1.98. The molecule has 3 N–H and O–H groups in total. The van der Waals surface area contributed by atoms with Crippen molar-refractivity contribution in [2.75, 3.05) is 0 Å².